The van der Waals surface area contributed by atoms with Crippen molar-refractivity contribution < 1.29 is 22.6 Å². The molecule has 1 aliphatic rings. The van der Waals surface area contributed by atoms with E-state index in [4.69, 9.17) is 14.2 Å². The van der Waals surface area contributed by atoms with Crippen LogP contribution >= 0.6 is 15.9 Å². The van der Waals surface area contributed by atoms with Gasteiger partial charge in [0.1, 0.15) is 23.4 Å². The fourth-order valence-electron chi connectivity index (χ4n) is 2.81. The average molecular weight is 442 g/mol. The molecule has 0 saturated carbocycles. The first-order valence-electron chi connectivity index (χ1n) is 8.16. The summed E-state index contributed by atoms with van der Waals surface area (Å²) < 4.78 is 45.3. The van der Waals surface area contributed by atoms with Crippen LogP contribution in [0.5, 0.6) is 17.2 Å². The van der Waals surface area contributed by atoms with Gasteiger partial charge in [0, 0.05) is 18.1 Å². The van der Waals surface area contributed by atoms with Gasteiger partial charge in [-0.2, -0.15) is 0 Å². The summed E-state index contributed by atoms with van der Waals surface area (Å²) in [5.41, 5.74) is 1.36. The van der Waals surface area contributed by atoms with E-state index in [9.17, 15) is 8.42 Å². The Morgan fingerprint density at radius 2 is 2.04 bits per heavy atom. The predicted molar refractivity (Wildman–Crippen MR) is 103 cm³/mol. The van der Waals surface area contributed by atoms with Gasteiger partial charge in [-0.3, -0.25) is 4.72 Å². The maximum atomic E-state index is 12.8. The standard InChI is InChI=1S/C18H20BrNO5S/c1-4-24-18-8-12-7-11(2)25-17(12)10-15(18)20-26(21,22)13-5-6-16(23-3)14(19)9-13/h5-6,8-11,20H,4,7H2,1-3H3. The Balaban J connectivity index is 1.96. The molecule has 2 aromatic carbocycles. The molecule has 1 N–H and O–H groups in total. The van der Waals surface area contributed by atoms with Gasteiger partial charge in [0.05, 0.1) is 28.8 Å². The van der Waals surface area contributed by atoms with Crippen LogP contribution in [0.2, 0.25) is 0 Å². The first kappa shape index (κ1) is 18.8. The molecule has 1 aliphatic heterocycles. The van der Waals surface area contributed by atoms with Crippen molar-refractivity contribution in [3.8, 4) is 17.2 Å². The Morgan fingerprint density at radius 1 is 1.27 bits per heavy atom. The number of hydrogen-bond acceptors (Lipinski definition) is 5. The Kier molecular flexibility index (Phi) is 5.34. The zero-order valence-electron chi connectivity index (χ0n) is 14.7. The van der Waals surface area contributed by atoms with Crippen molar-refractivity contribution in [1.29, 1.82) is 0 Å². The molecular weight excluding hydrogens is 422 g/mol. The van der Waals surface area contributed by atoms with Crippen LogP contribution in [0, 0.1) is 0 Å². The molecule has 0 bridgehead atoms. The van der Waals surface area contributed by atoms with Gasteiger partial charge in [0.25, 0.3) is 10.0 Å². The van der Waals surface area contributed by atoms with E-state index < -0.39 is 10.0 Å². The first-order valence-corrected chi connectivity index (χ1v) is 10.4. The van der Waals surface area contributed by atoms with E-state index in [0.29, 0.717) is 34.0 Å². The van der Waals surface area contributed by atoms with Crippen molar-refractivity contribution in [1.82, 2.24) is 0 Å². The zero-order chi connectivity index (χ0) is 18.9. The van der Waals surface area contributed by atoms with E-state index in [0.717, 1.165) is 12.0 Å². The van der Waals surface area contributed by atoms with E-state index in [1.165, 1.54) is 19.2 Å². The molecule has 3 rings (SSSR count). The minimum absolute atomic E-state index is 0.0591. The number of rotatable bonds is 6. The van der Waals surface area contributed by atoms with Crippen molar-refractivity contribution >= 4 is 31.6 Å². The third-order valence-electron chi connectivity index (χ3n) is 3.98. The zero-order valence-corrected chi connectivity index (χ0v) is 17.1. The topological polar surface area (TPSA) is 73.9 Å². The van der Waals surface area contributed by atoms with Gasteiger partial charge >= 0.3 is 0 Å². The van der Waals surface area contributed by atoms with Crippen LogP contribution in [-0.4, -0.2) is 28.2 Å². The summed E-state index contributed by atoms with van der Waals surface area (Å²) in [5, 5.41) is 0. The van der Waals surface area contributed by atoms with Crippen molar-refractivity contribution in [2.24, 2.45) is 0 Å². The number of benzene rings is 2. The van der Waals surface area contributed by atoms with Crippen molar-refractivity contribution in [2.75, 3.05) is 18.4 Å². The van der Waals surface area contributed by atoms with Crippen LogP contribution in [0.3, 0.4) is 0 Å². The number of sulfonamides is 1. The molecule has 0 radical (unpaired) electrons. The third kappa shape index (κ3) is 3.76. The molecule has 26 heavy (non-hydrogen) atoms. The summed E-state index contributed by atoms with van der Waals surface area (Å²) in [6, 6.07) is 8.09. The van der Waals surface area contributed by atoms with Crippen molar-refractivity contribution in [3.05, 3.63) is 40.4 Å². The minimum Gasteiger partial charge on any atom is -0.496 e. The van der Waals surface area contributed by atoms with Gasteiger partial charge in [-0.15, -0.1) is 0 Å². The molecule has 8 heteroatoms. The molecule has 0 fully saturated rings. The second-order valence-electron chi connectivity index (χ2n) is 5.92. The summed E-state index contributed by atoms with van der Waals surface area (Å²) in [7, 11) is -2.28. The highest BCUT2D eigenvalue weighted by molar-refractivity contribution is 9.10. The quantitative estimate of drug-likeness (QED) is 0.733. The van der Waals surface area contributed by atoms with Gasteiger partial charge in [0.2, 0.25) is 0 Å². The highest BCUT2D eigenvalue weighted by Crippen LogP contribution is 2.39. The van der Waals surface area contributed by atoms with Crippen LogP contribution in [0.25, 0.3) is 0 Å². The maximum Gasteiger partial charge on any atom is 0.262 e. The Bertz CT molecular complexity index is 929. The average Bonchev–Trinajstić information content (AvgIpc) is 2.94. The highest BCUT2D eigenvalue weighted by Gasteiger charge is 2.24. The fraction of sp³-hybridized carbons (Fsp3) is 0.333. The van der Waals surface area contributed by atoms with Gasteiger partial charge < -0.3 is 14.2 Å². The summed E-state index contributed by atoms with van der Waals surface area (Å²) in [5.74, 6) is 1.72. The monoisotopic (exact) mass is 441 g/mol. The van der Waals surface area contributed by atoms with Gasteiger partial charge in [-0.05, 0) is 54.0 Å². The lowest BCUT2D eigenvalue weighted by molar-refractivity contribution is 0.254. The molecular formula is C18H20BrNO5S. The van der Waals surface area contributed by atoms with E-state index in [2.05, 4.69) is 20.7 Å². The van der Waals surface area contributed by atoms with Gasteiger partial charge in [-0.25, -0.2) is 8.42 Å². The number of nitrogens with one attached hydrogen (secondary N) is 1. The summed E-state index contributed by atoms with van der Waals surface area (Å²) in [6.07, 6.45) is 0.831. The minimum atomic E-state index is -3.80. The SMILES string of the molecule is CCOc1cc2c(cc1NS(=O)(=O)c1ccc(OC)c(Br)c1)OC(C)C2. The molecule has 0 aliphatic carbocycles. The van der Waals surface area contributed by atoms with Crippen molar-refractivity contribution in [3.63, 3.8) is 0 Å². The number of ether oxygens (including phenoxy) is 3. The molecule has 1 atom stereocenters. The molecule has 0 amide bonds. The van der Waals surface area contributed by atoms with E-state index >= 15 is 0 Å². The molecule has 0 spiro atoms. The Morgan fingerprint density at radius 3 is 2.69 bits per heavy atom. The normalized spacial score (nSPS) is 15.9. The van der Waals surface area contributed by atoms with Crippen LogP contribution in [0.1, 0.15) is 19.4 Å². The first-order chi connectivity index (χ1) is 12.3. The van der Waals surface area contributed by atoms with E-state index in [1.54, 1.807) is 12.1 Å². The number of anilines is 1. The second kappa shape index (κ2) is 7.36. The van der Waals surface area contributed by atoms with Crippen LogP contribution < -0.4 is 18.9 Å². The molecule has 0 aromatic heterocycles. The van der Waals surface area contributed by atoms with Crippen LogP contribution in [0.15, 0.2) is 39.7 Å². The third-order valence-corrected chi connectivity index (χ3v) is 5.96. The van der Waals surface area contributed by atoms with Crippen molar-refractivity contribution in [2.45, 2.75) is 31.3 Å². The summed E-state index contributed by atoms with van der Waals surface area (Å²) in [4.78, 5) is 0.113. The summed E-state index contributed by atoms with van der Waals surface area (Å²) in [6.45, 7) is 4.25. The maximum absolute atomic E-state index is 12.8. The molecule has 1 unspecified atom stereocenters. The number of fused-ring (bicyclic) bond motifs is 1. The summed E-state index contributed by atoms with van der Waals surface area (Å²) >= 11 is 3.31. The lowest BCUT2D eigenvalue weighted by Crippen LogP contribution is -2.14. The number of halogens is 1. The van der Waals surface area contributed by atoms with Crippen LogP contribution in [0.4, 0.5) is 5.69 Å². The van der Waals surface area contributed by atoms with Gasteiger partial charge in [0.15, 0.2) is 0 Å². The highest BCUT2D eigenvalue weighted by atomic mass is 79.9. The van der Waals surface area contributed by atoms with Crippen LogP contribution in [-0.2, 0) is 16.4 Å². The Hall–Kier alpha value is -1.93. The smallest absolute Gasteiger partial charge is 0.262 e. The molecule has 2 aromatic rings. The molecule has 140 valence electrons. The van der Waals surface area contributed by atoms with E-state index in [1.807, 2.05) is 19.9 Å². The molecule has 6 nitrogen and oxygen atoms in total. The largest absolute Gasteiger partial charge is 0.496 e. The van der Waals surface area contributed by atoms with E-state index in [-0.39, 0.29) is 11.0 Å². The molecule has 1 heterocycles. The van der Waals surface area contributed by atoms with Gasteiger partial charge in [-0.1, -0.05) is 0 Å². The Labute approximate surface area is 161 Å². The lowest BCUT2D eigenvalue weighted by atomic mass is 10.1. The second-order valence-corrected chi connectivity index (χ2v) is 8.46. The number of methoxy groups -OCH3 is 1. The number of hydrogen-bond donors (Lipinski definition) is 1. The molecule has 0 saturated heterocycles. The lowest BCUT2D eigenvalue weighted by Gasteiger charge is -2.15. The fourth-order valence-corrected chi connectivity index (χ4v) is 4.59. The predicted octanol–water partition coefficient (Wildman–Crippen LogP) is 3.98.